The second-order valence-electron chi connectivity index (χ2n) is 6.96. The summed E-state index contributed by atoms with van der Waals surface area (Å²) in [4.78, 5) is 24.0. The molecule has 140 valence electrons. The molecular formula is C18H28N2O4S. The maximum Gasteiger partial charge on any atom is 0.241 e. The van der Waals surface area contributed by atoms with Gasteiger partial charge < -0.3 is 5.32 Å². The van der Waals surface area contributed by atoms with Crippen LogP contribution in [0.5, 0.6) is 0 Å². The molecule has 0 atom stereocenters. The van der Waals surface area contributed by atoms with E-state index in [1.807, 2.05) is 27.7 Å². The standard InChI is InChI=1S/C18H28N2O4S/c1-12(2)18(13(3)4)19-17(22)11-20(25(6,23)24)16-9-7-8-15(10-16)14(5)21/h7-10,12-13,18H,11H2,1-6H3,(H,19,22). The second kappa shape index (κ2) is 8.47. The number of hydrogen-bond acceptors (Lipinski definition) is 4. The molecule has 1 N–H and O–H groups in total. The summed E-state index contributed by atoms with van der Waals surface area (Å²) < 4.78 is 25.3. The third-order valence-electron chi connectivity index (χ3n) is 3.99. The van der Waals surface area contributed by atoms with Crippen molar-refractivity contribution < 1.29 is 18.0 Å². The lowest BCUT2D eigenvalue weighted by Gasteiger charge is -2.28. The first-order valence-corrected chi connectivity index (χ1v) is 10.2. The molecular weight excluding hydrogens is 340 g/mol. The van der Waals surface area contributed by atoms with E-state index in [0.29, 0.717) is 11.3 Å². The third-order valence-corrected chi connectivity index (χ3v) is 5.13. The Morgan fingerprint density at radius 2 is 1.68 bits per heavy atom. The number of amides is 1. The molecule has 0 saturated heterocycles. The van der Waals surface area contributed by atoms with E-state index in [-0.39, 0.29) is 36.1 Å². The van der Waals surface area contributed by atoms with Gasteiger partial charge in [-0.15, -0.1) is 0 Å². The number of carbonyl (C=O) groups excluding carboxylic acids is 2. The van der Waals surface area contributed by atoms with Gasteiger partial charge in [0.05, 0.1) is 11.9 Å². The fourth-order valence-electron chi connectivity index (χ4n) is 2.75. The van der Waals surface area contributed by atoms with Crippen molar-refractivity contribution in [3.63, 3.8) is 0 Å². The Bertz CT molecular complexity index is 718. The fraction of sp³-hybridized carbons (Fsp3) is 0.556. The van der Waals surface area contributed by atoms with E-state index in [0.717, 1.165) is 10.6 Å². The summed E-state index contributed by atoms with van der Waals surface area (Å²) in [5.74, 6) is -0.0705. The van der Waals surface area contributed by atoms with E-state index in [1.54, 1.807) is 18.2 Å². The molecule has 0 spiro atoms. The van der Waals surface area contributed by atoms with Gasteiger partial charge in [-0.2, -0.15) is 0 Å². The maximum absolute atomic E-state index is 12.4. The molecule has 0 aliphatic carbocycles. The van der Waals surface area contributed by atoms with Gasteiger partial charge >= 0.3 is 0 Å². The van der Waals surface area contributed by atoms with Crippen LogP contribution in [0.4, 0.5) is 5.69 Å². The van der Waals surface area contributed by atoms with E-state index < -0.39 is 10.0 Å². The van der Waals surface area contributed by atoms with E-state index >= 15 is 0 Å². The van der Waals surface area contributed by atoms with Gasteiger partial charge in [-0.25, -0.2) is 8.42 Å². The highest BCUT2D eigenvalue weighted by Gasteiger charge is 2.25. The quantitative estimate of drug-likeness (QED) is 0.715. The molecule has 0 fully saturated rings. The van der Waals surface area contributed by atoms with Gasteiger partial charge in [-0.05, 0) is 30.9 Å². The number of nitrogens with one attached hydrogen (secondary N) is 1. The number of benzene rings is 1. The number of sulfonamides is 1. The Morgan fingerprint density at radius 3 is 2.12 bits per heavy atom. The van der Waals surface area contributed by atoms with Gasteiger partial charge in [-0.3, -0.25) is 13.9 Å². The smallest absolute Gasteiger partial charge is 0.241 e. The molecule has 6 nitrogen and oxygen atoms in total. The van der Waals surface area contributed by atoms with Gasteiger partial charge in [0.1, 0.15) is 6.54 Å². The highest BCUT2D eigenvalue weighted by molar-refractivity contribution is 7.92. The normalized spacial score (nSPS) is 11.9. The Morgan fingerprint density at radius 1 is 1.12 bits per heavy atom. The number of hydrogen-bond donors (Lipinski definition) is 1. The van der Waals surface area contributed by atoms with Gasteiger partial charge in [0, 0.05) is 11.6 Å². The lowest BCUT2D eigenvalue weighted by atomic mass is 9.93. The molecule has 0 heterocycles. The molecule has 7 heteroatoms. The van der Waals surface area contributed by atoms with Crippen molar-refractivity contribution in [2.75, 3.05) is 17.1 Å². The molecule has 1 aromatic carbocycles. The van der Waals surface area contributed by atoms with Gasteiger partial charge in [0.2, 0.25) is 15.9 Å². The van der Waals surface area contributed by atoms with Crippen molar-refractivity contribution in [1.82, 2.24) is 5.32 Å². The molecule has 0 aliphatic heterocycles. The zero-order valence-corrected chi connectivity index (χ0v) is 16.6. The molecule has 0 bridgehead atoms. The van der Waals surface area contributed by atoms with Crippen LogP contribution in [0.15, 0.2) is 24.3 Å². The first-order chi connectivity index (χ1) is 11.4. The highest BCUT2D eigenvalue weighted by atomic mass is 32.2. The number of rotatable bonds is 8. The largest absolute Gasteiger partial charge is 0.351 e. The molecule has 1 aromatic rings. The molecule has 25 heavy (non-hydrogen) atoms. The Hall–Kier alpha value is -1.89. The first-order valence-electron chi connectivity index (χ1n) is 8.31. The number of ketones is 1. The summed E-state index contributed by atoms with van der Waals surface area (Å²) in [7, 11) is -3.67. The van der Waals surface area contributed by atoms with Crippen LogP contribution in [-0.2, 0) is 14.8 Å². The molecule has 0 aliphatic rings. The summed E-state index contributed by atoms with van der Waals surface area (Å²) >= 11 is 0. The van der Waals surface area contributed by atoms with Crippen molar-refractivity contribution in [1.29, 1.82) is 0 Å². The predicted molar refractivity (Wildman–Crippen MR) is 100 cm³/mol. The molecule has 1 amide bonds. The average Bonchev–Trinajstić information content (AvgIpc) is 2.48. The minimum Gasteiger partial charge on any atom is -0.351 e. The van der Waals surface area contributed by atoms with E-state index in [1.165, 1.54) is 13.0 Å². The predicted octanol–water partition coefficient (Wildman–Crippen LogP) is 2.45. The third kappa shape index (κ3) is 6.16. The fourth-order valence-corrected chi connectivity index (χ4v) is 3.59. The van der Waals surface area contributed by atoms with Crippen LogP contribution in [-0.4, -0.2) is 39.0 Å². The summed E-state index contributed by atoms with van der Waals surface area (Å²) in [6.45, 7) is 9.12. The van der Waals surface area contributed by atoms with Gasteiger partial charge in [-0.1, -0.05) is 39.8 Å². The van der Waals surface area contributed by atoms with Crippen molar-refractivity contribution in [3.8, 4) is 0 Å². The molecule has 0 aromatic heterocycles. The van der Waals surface area contributed by atoms with Crippen LogP contribution in [0, 0.1) is 11.8 Å². The van der Waals surface area contributed by atoms with E-state index in [4.69, 9.17) is 0 Å². The Labute approximate surface area is 150 Å². The van der Waals surface area contributed by atoms with E-state index in [9.17, 15) is 18.0 Å². The lowest BCUT2D eigenvalue weighted by Crippen LogP contribution is -2.47. The van der Waals surface area contributed by atoms with Gasteiger partial charge in [0.25, 0.3) is 0 Å². The SMILES string of the molecule is CC(=O)c1cccc(N(CC(=O)NC(C(C)C)C(C)C)S(C)(=O)=O)c1. The molecule has 0 radical (unpaired) electrons. The summed E-state index contributed by atoms with van der Waals surface area (Å²) in [6, 6.07) is 6.23. The Kier molecular flexibility index (Phi) is 7.17. The molecule has 0 saturated carbocycles. The maximum atomic E-state index is 12.4. The zero-order chi connectivity index (χ0) is 19.4. The van der Waals surface area contributed by atoms with Crippen LogP contribution in [0.2, 0.25) is 0 Å². The van der Waals surface area contributed by atoms with Crippen LogP contribution in [0.1, 0.15) is 45.0 Å². The second-order valence-corrected chi connectivity index (χ2v) is 8.86. The Balaban J connectivity index is 3.08. The average molecular weight is 368 g/mol. The van der Waals surface area contributed by atoms with Gasteiger partial charge in [0.15, 0.2) is 5.78 Å². The van der Waals surface area contributed by atoms with Crippen molar-refractivity contribution in [3.05, 3.63) is 29.8 Å². The van der Waals surface area contributed by atoms with E-state index in [2.05, 4.69) is 5.32 Å². The topological polar surface area (TPSA) is 83.6 Å². The van der Waals surface area contributed by atoms with Crippen LogP contribution in [0.3, 0.4) is 0 Å². The number of nitrogens with zero attached hydrogens (tertiary/aromatic N) is 1. The van der Waals surface area contributed by atoms with Crippen LogP contribution >= 0.6 is 0 Å². The van der Waals surface area contributed by atoms with Crippen molar-refractivity contribution in [2.24, 2.45) is 11.8 Å². The van der Waals surface area contributed by atoms with Crippen LogP contribution in [0.25, 0.3) is 0 Å². The summed E-state index contributed by atoms with van der Waals surface area (Å²) in [5, 5.41) is 2.91. The van der Waals surface area contributed by atoms with Crippen molar-refractivity contribution >= 4 is 27.4 Å². The monoisotopic (exact) mass is 368 g/mol. The highest BCUT2D eigenvalue weighted by Crippen LogP contribution is 2.20. The minimum atomic E-state index is -3.67. The number of Topliss-reactive ketones (excluding diaryl/α,β-unsaturated/α-hetero) is 1. The van der Waals surface area contributed by atoms with Crippen molar-refractivity contribution in [2.45, 2.75) is 40.7 Å². The lowest BCUT2D eigenvalue weighted by molar-refractivity contribution is -0.121. The molecule has 1 rings (SSSR count). The number of carbonyl (C=O) groups is 2. The molecule has 0 unspecified atom stereocenters. The summed E-state index contributed by atoms with van der Waals surface area (Å²) in [6.07, 6.45) is 1.04. The van der Waals surface area contributed by atoms with Crippen LogP contribution < -0.4 is 9.62 Å². The first kappa shape index (κ1) is 21.2. The summed E-state index contributed by atoms with van der Waals surface area (Å²) in [5.41, 5.74) is 0.699. The minimum absolute atomic E-state index is 0.0440. The number of anilines is 1. The zero-order valence-electron chi connectivity index (χ0n) is 15.7.